The lowest BCUT2D eigenvalue weighted by atomic mass is 9.79. The Morgan fingerprint density at radius 1 is 1.19 bits per heavy atom. The highest BCUT2D eigenvalue weighted by Crippen LogP contribution is 2.38. The predicted octanol–water partition coefficient (Wildman–Crippen LogP) is 2.67. The van der Waals surface area contributed by atoms with Gasteiger partial charge in [0.05, 0.1) is 0 Å². The SMILES string of the molecule is O[C@]1(c2cc[nH]c2)CC=Cc2ccccc21. The fourth-order valence-corrected chi connectivity index (χ4v) is 2.34. The van der Waals surface area contributed by atoms with Crippen molar-refractivity contribution in [1.29, 1.82) is 0 Å². The molecular formula is C14H13NO. The maximum Gasteiger partial charge on any atom is 0.120 e. The molecule has 1 aliphatic rings. The van der Waals surface area contributed by atoms with Gasteiger partial charge in [0.1, 0.15) is 5.60 Å². The van der Waals surface area contributed by atoms with Gasteiger partial charge < -0.3 is 10.1 Å². The van der Waals surface area contributed by atoms with Crippen molar-refractivity contribution in [2.75, 3.05) is 0 Å². The van der Waals surface area contributed by atoms with Gasteiger partial charge >= 0.3 is 0 Å². The molecule has 1 aromatic carbocycles. The van der Waals surface area contributed by atoms with Crippen LogP contribution in [0.5, 0.6) is 0 Å². The fraction of sp³-hybridized carbons (Fsp3) is 0.143. The van der Waals surface area contributed by atoms with E-state index in [0.717, 1.165) is 16.7 Å². The Morgan fingerprint density at radius 2 is 2.06 bits per heavy atom. The second-order valence-electron chi connectivity index (χ2n) is 4.15. The Balaban J connectivity index is 2.21. The average Bonchev–Trinajstić information content (AvgIpc) is 2.84. The molecule has 1 atom stereocenters. The van der Waals surface area contributed by atoms with Crippen molar-refractivity contribution in [2.45, 2.75) is 12.0 Å². The van der Waals surface area contributed by atoms with E-state index in [2.05, 4.69) is 11.1 Å². The van der Waals surface area contributed by atoms with Gasteiger partial charge in [-0.3, -0.25) is 0 Å². The molecule has 1 heterocycles. The van der Waals surface area contributed by atoms with E-state index < -0.39 is 5.60 Å². The summed E-state index contributed by atoms with van der Waals surface area (Å²) in [6.07, 6.45) is 8.41. The highest BCUT2D eigenvalue weighted by Gasteiger charge is 2.34. The first-order chi connectivity index (χ1) is 7.81. The summed E-state index contributed by atoms with van der Waals surface area (Å²) in [7, 11) is 0. The molecule has 0 fully saturated rings. The summed E-state index contributed by atoms with van der Waals surface area (Å²) in [6, 6.07) is 9.91. The van der Waals surface area contributed by atoms with Crippen molar-refractivity contribution < 1.29 is 5.11 Å². The summed E-state index contributed by atoms with van der Waals surface area (Å²) in [5.41, 5.74) is 2.12. The highest BCUT2D eigenvalue weighted by molar-refractivity contribution is 5.60. The topological polar surface area (TPSA) is 36.0 Å². The molecule has 0 bridgehead atoms. The normalized spacial score (nSPS) is 23.1. The van der Waals surface area contributed by atoms with Crippen molar-refractivity contribution >= 4 is 6.08 Å². The van der Waals surface area contributed by atoms with Crippen molar-refractivity contribution in [3.05, 3.63) is 65.5 Å². The van der Waals surface area contributed by atoms with Crippen LogP contribution >= 0.6 is 0 Å². The average molecular weight is 211 g/mol. The highest BCUT2D eigenvalue weighted by atomic mass is 16.3. The first-order valence-corrected chi connectivity index (χ1v) is 5.42. The molecule has 2 N–H and O–H groups in total. The van der Waals surface area contributed by atoms with Gasteiger partial charge in [-0.1, -0.05) is 36.4 Å². The zero-order valence-corrected chi connectivity index (χ0v) is 8.85. The lowest BCUT2D eigenvalue weighted by Crippen LogP contribution is -2.28. The van der Waals surface area contributed by atoms with Crippen LogP contribution in [0.2, 0.25) is 0 Å². The second kappa shape index (κ2) is 3.35. The molecule has 0 spiro atoms. The van der Waals surface area contributed by atoms with Gasteiger partial charge in [-0.05, 0) is 17.2 Å². The number of aromatic amines is 1. The van der Waals surface area contributed by atoms with Crippen molar-refractivity contribution in [3.8, 4) is 0 Å². The minimum atomic E-state index is -0.884. The van der Waals surface area contributed by atoms with Gasteiger partial charge in [0.25, 0.3) is 0 Å². The largest absolute Gasteiger partial charge is 0.380 e. The lowest BCUT2D eigenvalue weighted by molar-refractivity contribution is 0.0829. The Bertz CT molecular complexity index is 527. The smallest absolute Gasteiger partial charge is 0.120 e. The fourth-order valence-electron chi connectivity index (χ4n) is 2.34. The molecule has 2 heteroatoms. The van der Waals surface area contributed by atoms with Crippen LogP contribution in [-0.4, -0.2) is 10.1 Å². The minimum absolute atomic E-state index is 0.627. The summed E-state index contributed by atoms with van der Waals surface area (Å²) in [4.78, 5) is 3.00. The maximum absolute atomic E-state index is 10.8. The predicted molar refractivity (Wildman–Crippen MR) is 63.9 cm³/mol. The summed E-state index contributed by atoms with van der Waals surface area (Å²) < 4.78 is 0. The maximum atomic E-state index is 10.8. The van der Waals surface area contributed by atoms with E-state index in [0.29, 0.717) is 6.42 Å². The summed E-state index contributed by atoms with van der Waals surface area (Å²) in [5, 5.41) is 10.8. The lowest BCUT2D eigenvalue weighted by Gasteiger charge is -2.31. The van der Waals surface area contributed by atoms with Crippen LogP contribution in [0.25, 0.3) is 6.08 Å². The Kier molecular flexibility index (Phi) is 1.98. The van der Waals surface area contributed by atoms with Crippen LogP contribution < -0.4 is 0 Å². The van der Waals surface area contributed by atoms with Gasteiger partial charge in [-0.25, -0.2) is 0 Å². The minimum Gasteiger partial charge on any atom is -0.380 e. The second-order valence-corrected chi connectivity index (χ2v) is 4.15. The van der Waals surface area contributed by atoms with Gasteiger partial charge in [0, 0.05) is 24.4 Å². The molecule has 80 valence electrons. The van der Waals surface area contributed by atoms with E-state index in [-0.39, 0.29) is 0 Å². The Morgan fingerprint density at radius 3 is 2.88 bits per heavy atom. The van der Waals surface area contributed by atoms with E-state index >= 15 is 0 Å². The summed E-state index contributed by atoms with van der Waals surface area (Å²) in [5.74, 6) is 0. The van der Waals surface area contributed by atoms with Gasteiger partial charge in [-0.15, -0.1) is 0 Å². The standard InChI is InChI=1S/C14H13NO/c16-14(12-7-9-15-10-12)8-3-5-11-4-1-2-6-13(11)14/h1-7,9-10,15-16H,8H2/t14-/m0/s1. The number of rotatable bonds is 1. The number of hydrogen-bond acceptors (Lipinski definition) is 1. The molecule has 0 amide bonds. The van der Waals surface area contributed by atoms with Crippen LogP contribution in [0.15, 0.2) is 48.8 Å². The summed E-state index contributed by atoms with van der Waals surface area (Å²) >= 11 is 0. The zero-order chi connectivity index (χ0) is 11.0. The van der Waals surface area contributed by atoms with E-state index in [1.807, 2.05) is 48.8 Å². The molecular weight excluding hydrogens is 198 g/mol. The zero-order valence-electron chi connectivity index (χ0n) is 8.85. The van der Waals surface area contributed by atoms with Crippen LogP contribution in [0.1, 0.15) is 23.1 Å². The number of aromatic nitrogens is 1. The number of hydrogen-bond donors (Lipinski definition) is 2. The van der Waals surface area contributed by atoms with Crippen LogP contribution in [0.4, 0.5) is 0 Å². The van der Waals surface area contributed by atoms with E-state index in [4.69, 9.17) is 0 Å². The molecule has 2 nitrogen and oxygen atoms in total. The number of aliphatic hydroxyl groups is 1. The molecule has 1 aromatic heterocycles. The van der Waals surface area contributed by atoms with Crippen LogP contribution in [0.3, 0.4) is 0 Å². The van der Waals surface area contributed by atoms with Crippen molar-refractivity contribution in [3.63, 3.8) is 0 Å². The molecule has 0 saturated carbocycles. The third-order valence-electron chi connectivity index (χ3n) is 3.19. The molecule has 0 saturated heterocycles. The third-order valence-corrected chi connectivity index (χ3v) is 3.19. The molecule has 16 heavy (non-hydrogen) atoms. The number of H-pyrrole nitrogens is 1. The van der Waals surface area contributed by atoms with Crippen molar-refractivity contribution in [2.24, 2.45) is 0 Å². The van der Waals surface area contributed by atoms with Crippen molar-refractivity contribution in [1.82, 2.24) is 4.98 Å². The summed E-state index contributed by atoms with van der Waals surface area (Å²) in [6.45, 7) is 0. The molecule has 2 aromatic rings. The first kappa shape index (κ1) is 9.43. The molecule has 1 aliphatic carbocycles. The number of benzene rings is 1. The number of fused-ring (bicyclic) bond motifs is 1. The third kappa shape index (κ3) is 1.24. The quantitative estimate of drug-likeness (QED) is 0.747. The number of nitrogens with one attached hydrogen (secondary N) is 1. The monoisotopic (exact) mass is 211 g/mol. The van der Waals surface area contributed by atoms with E-state index in [9.17, 15) is 5.11 Å². The van der Waals surface area contributed by atoms with E-state index in [1.54, 1.807) is 0 Å². The van der Waals surface area contributed by atoms with Crippen LogP contribution in [-0.2, 0) is 5.60 Å². The Hall–Kier alpha value is -1.80. The molecule has 0 radical (unpaired) electrons. The van der Waals surface area contributed by atoms with Gasteiger partial charge in [0.15, 0.2) is 0 Å². The molecule has 0 unspecified atom stereocenters. The van der Waals surface area contributed by atoms with Crippen LogP contribution in [0, 0.1) is 0 Å². The van der Waals surface area contributed by atoms with E-state index in [1.165, 1.54) is 0 Å². The Labute approximate surface area is 94.3 Å². The van der Waals surface area contributed by atoms with Gasteiger partial charge in [0.2, 0.25) is 0 Å². The van der Waals surface area contributed by atoms with Gasteiger partial charge in [-0.2, -0.15) is 0 Å². The molecule has 3 rings (SSSR count). The molecule has 0 aliphatic heterocycles. The first-order valence-electron chi connectivity index (χ1n) is 5.42.